The average molecular weight is 251 g/mol. The Morgan fingerprint density at radius 3 is 2.82 bits per heavy atom. The fraction of sp³-hybridized carbons (Fsp3) is 0.167. The maximum Gasteiger partial charge on any atom is 0.424 e. The van der Waals surface area contributed by atoms with Crippen LogP contribution in [-0.2, 0) is 0 Å². The van der Waals surface area contributed by atoms with Gasteiger partial charge in [0.05, 0.1) is 5.02 Å². The molecule has 0 saturated heterocycles. The van der Waals surface area contributed by atoms with E-state index < -0.39 is 6.09 Å². The van der Waals surface area contributed by atoms with E-state index in [1.807, 2.05) is 19.9 Å². The molecule has 0 fully saturated rings. The molecule has 0 N–H and O–H groups in total. The number of carbonyl (C=O) groups excluding carboxylic acids is 1. The standard InChI is InChI=1S/C12H11ClN2O2/c1-8-3-4-10(11(13)9(8)2)17-12(16)15-6-5-14-7-15/h3-7H,1-2H3. The third-order valence-corrected chi connectivity index (χ3v) is 3.00. The number of aromatic nitrogens is 2. The molecule has 0 aliphatic carbocycles. The summed E-state index contributed by atoms with van der Waals surface area (Å²) < 4.78 is 6.42. The van der Waals surface area contributed by atoms with Crippen molar-refractivity contribution in [3.63, 3.8) is 0 Å². The number of benzene rings is 1. The second-order valence-electron chi connectivity index (χ2n) is 3.66. The molecule has 0 spiro atoms. The van der Waals surface area contributed by atoms with Crippen molar-refractivity contribution >= 4 is 17.7 Å². The molecule has 2 rings (SSSR count). The number of nitrogens with zero attached hydrogens (tertiary/aromatic N) is 2. The summed E-state index contributed by atoms with van der Waals surface area (Å²) in [5.41, 5.74) is 1.96. The molecule has 0 saturated carbocycles. The van der Waals surface area contributed by atoms with Gasteiger partial charge in [-0.25, -0.2) is 14.3 Å². The van der Waals surface area contributed by atoms with Crippen LogP contribution in [0, 0.1) is 13.8 Å². The van der Waals surface area contributed by atoms with Crippen LogP contribution in [0.2, 0.25) is 5.02 Å². The number of rotatable bonds is 1. The molecule has 0 radical (unpaired) electrons. The van der Waals surface area contributed by atoms with Crippen LogP contribution in [0.1, 0.15) is 11.1 Å². The first-order chi connectivity index (χ1) is 8.09. The lowest BCUT2D eigenvalue weighted by molar-refractivity contribution is 0.202. The molecule has 4 nitrogen and oxygen atoms in total. The molecule has 17 heavy (non-hydrogen) atoms. The third kappa shape index (κ3) is 2.31. The van der Waals surface area contributed by atoms with Crippen molar-refractivity contribution in [3.8, 4) is 5.75 Å². The van der Waals surface area contributed by atoms with Gasteiger partial charge in [0.15, 0.2) is 5.75 Å². The van der Waals surface area contributed by atoms with Crippen molar-refractivity contribution in [2.24, 2.45) is 0 Å². The van der Waals surface area contributed by atoms with Crippen LogP contribution in [0.3, 0.4) is 0 Å². The van der Waals surface area contributed by atoms with E-state index in [1.165, 1.54) is 23.3 Å². The van der Waals surface area contributed by atoms with E-state index in [9.17, 15) is 4.79 Å². The highest BCUT2D eigenvalue weighted by molar-refractivity contribution is 6.33. The van der Waals surface area contributed by atoms with Crippen LogP contribution in [0.25, 0.3) is 0 Å². The quantitative estimate of drug-likeness (QED) is 0.781. The number of hydrogen-bond donors (Lipinski definition) is 0. The minimum absolute atomic E-state index is 0.355. The largest absolute Gasteiger partial charge is 0.424 e. The van der Waals surface area contributed by atoms with Gasteiger partial charge in [0.1, 0.15) is 6.33 Å². The van der Waals surface area contributed by atoms with Crippen molar-refractivity contribution in [3.05, 3.63) is 47.0 Å². The predicted molar refractivity (Wildman–Crippen MR) is 64.6 cm³/mol. The van der Waals surface area contributed by atoms with Crippen molar-refractivity contribution in [1.29, 1.82) is 0 Å². The van der Waals surface area contributed by atoms with Gasteiger partial charge in [0, 0.05) is 12.4 Å². The lowest BCUT2D eigenvalue weighted by atomic mass is 10.1. The Morgan fingerprint density at radius 1 is 1.41 bits per heavy atom. The molecule has 0 aliphatic rings. The van der Waals surface area contributed by atoms with Gasteiger partial charge in [-0.1, -0.05) is 17.7 Å². The molecule has 0 bridgehead atoms. The Hall–Kier alpha value is -1.81. The second kappa shape index (κ2) is 4.59. The Balaban J connectivity index is 2.25. The molecular formula is C12H11ClN2O2. The van der Waals surface area contributed by atoms with Crippen LogP contribution in [0.4, 0.5) is 4.79 Å². The zero-order valence-corrected chi connectivity index (χ0v) is 10.2. The van der Waals surface area contributed by atoms with Crippen LogP contribution < -0.4 is 4.74 Å². The maximum absolute atomic E-state index is 11.7. The average Bonchev–Trinajstić information content (AvgIpc) is 2.83. The van der Waals surface area contributed by atoms with E-state index in [-0.39, 0.29) is 0 Å². The highest BCUT2D eigenvalue weighted by Gasteiger charge is 2.12. The summed E-state index contributed by atoms with van der Waals surface area (Å²) in [6.45, 7) is 3.83. The molecule has 1 aromatic carbocycles. The molecule has 1 aromatic heterocycles. The van der Waals surface area contributed by atoms with Crippen LogP contribution in [0.5, 0.6) is 5.75 Å². The van der Waals surface area contributed by atoms with Gasteiger partial charge in [0.2, 0.25) is 0 Å². The van der Waals surface area contributed by atoms with E-state index in [4.69, 9.17) is 16.3 Å². The van der Waals surface area contributed by atoms with Crippen molar-refractivity contribution in [1.82, 2.24) is 9.55 Å². The second-order valence-corrected chi connectivity index (χ2v) is 4.04. The summed E-state index contributed by atoms with van der Waals surface area (Å²) in [5, 5.41) is 0.457. The van der Waals surface area contributed by atoms with Gasteiger partial charge in [0.25, 0.3) is 0 Å². The zero-order chi connectivity index (χ0) is 12.4. The number of imidazole rings is 1. The molecular weight excluding hydrogens is 240 g/mol. The maximum atomic E-state index is 11.7. The monoisotopic (exact) mass is 250 g/mol. The van der Waals surface area contributed by atoms with E-state index in [1.54, 1.807) is 6.07 Å². The highest BCUT2D eigenvalue weighted by atomic mass is 35.5. The van der Waals surface area contributed by atoms with E-state index >= 15 is 0 Å². The van der Waals surface area contributed by atoms with Gasteiger partial charge >= 0.3 is 6.09 Å². The minimum Gasteiger partial charge on any atom is -0.408 e. The summed E-state index contributed by atoms with van der Waals surface area (Å²) >= 11 is 6.10. The fourth-order valence-electron chi connectivity index (χ4n) is 1.35. The van der Waals surface area contributed by atoms with E-state index in [2.05, 4.69) is 4.98 Å². The first kappa shape index (κ1) is 11.7. The van der Waals surface area contributed by atoms with E-state index in [0.29, 0.717) is 10.8 Å². The minimum atomic E-state index is -0.535. The van der Waals surface area contributed by atoms with Crippen molar-refractivity contribution in [2.45, 2.75) is 13.8 Å². The predicted octanol–water partition coefficient (Wildman–Crippen LogP) is 3.20. The Labute approximate surface area is 104 Å². The highest BCUT2D eigenvalue weighted by Crippen LogP contribution is 2.30. The number of halogens is 1. The van der Waals surface area contributed by atoms with Crippen LogP contribution in [0.15, 0.2) is 30.9 Å². The number of carbonyl (C=O) groups is 1. The van der Waals surface area contributed by atoms with Crippen LogP contribution in [-0.4, -0.2) is 15.6 Å². The molecule has 0 aliphatic heterocycles. The molecule has 1 heterocycles. The lowest BCUT2D eigenvalue weighted by Gasteiger charge is -2.09. The van der Waals surface area contributed by atoms with Gasteiger partial charge in [-0.3, -0.25) is 0 Å². The summed E-state index contributed by atoms with van der Waals surface area (Å²) in [7, 11) is 0. The number of aryl methyl sites for hydroxylation is 1. The molecule has 0 amide bonds. The topological polar surface area (TPSA) is 44.1 Å². The molecule has 0 unspecified atom stereocenters. The Morgan fingerprint density at radius 2 is 2.18 bits per heavy atom. The summed E-state index contributed by atoms with van der Waals surface area (Å²) in [4.78, 5) is 15.4. The fourth-order valence-corrected chi connectivity index (χ4v) is 1.60. The zero-order valence-electron chi connectivity index (χ0n) is 9.48. The summed E-state index contributed by atoms with van der Waals surface area (Å²) in [6.07, 6.45) is 3.85. The van der Waals surface area contributed by atoms with E-state index in [0.717, 1.165) is 11.1 Å². The van der Waals surface area contributed by atoms with Crippen molar-refractivity contribution in [2.75, 3.05) is 0 Å². The summed E-state index contributed by atoms with van der Waals surface area (Å²) in [6, 6.07) is 3.54. The normalized spacial score (nSPS) is 10.3. The third-order valence-electron chi connectivity index (χ3n) is 2.53. The van der Waals surface area contributed by atoms with Crippen LogP contribution >= 0.6 is 11.6 Å². The number of hydrogen-bond acceptors (Lipinski definition) is 3. The van der Waals surface area contributed by atoms with Gasteiger partial charge in [-0.05, 0) is 31.0 Å². The first-order valence-corrected chi connectivity index (χ1v) is 5.43. The molecule has 5 heteroatoms. The molecule has 2 aromatic rings. The molecule has 0 atom stereocenters. The van der Waals surface area contributed by atoms with Gasteiger partial charge in [-0.2, -0.15) is 0 Å². The van der Waals surface area contributed by atoms with Gasteiger partial charge < -0.3 is 4.74 Å². The summed E-state index contributed by atoms with van der Waals surface area (Å²) in [5.74, 6) is 0.355. The number of ether oxygens (including phenoxy) is 1. The first-order valence-electron chi connectivity index (χ1n) is 5.05. The van der Waals surface area contributed by atoms with Gasteiger partial charge in [-0.15, -0.1) is 0 Å². The molecule has 88 valence electrons. The Kier molecular flexibility index (Phi) is 3.15. The smallest absolute Gasteiger partial charge is 0.408 e. The van der Waals surface area contributed by atoms with Crippen molar-refractivity contribution < 1.29 is 9.53 Å². The lowest BCUT2D eigenvalue weighted by Crippen LogP contribution is -2.15. The SMILES string of the molecule is Cc1ccc(OC(=O)n2ccnc2)c(Cl)c1C. The Bertz CT molecular complexity index is 550.